The van der Waals surface area contributed by atoms with E-state index in [9.17, 15) is 0 Å². The zero-order valence-electron chi connectivity index (χ0n) is 14.1. The molecule has 0 aliphatic carbocycles. The molecular formula is C23H17N3. The summed E-state index contributed by atoms with van der Waals surface area (Å²) in [6.45, 7) is 0. The molecule has 3 nitrogen and oxygen atoms in total. The van der Waals surface area contributed by atoms with Crippen LogP contribution in [0, 0.1) is 0 Å². The Morgan fingerprint density at radius 1 is 0.731 bits per heavy atom. The highest BCUT2D eigenvalue weighted by molar-refractivity contribution is 5.95. The zero-order valence-corrected chi connectivity index (χ0v) is 14.1. The predicted octanol–water partition coefficient (Wildman–Crippen LogP) is 5.90. The summed E-state index contributed by atoms with van der Waals surface area (Å²) in [6.07, 6.45) is 4.00. The summed E-state index contributed by atoms with van der Waals surface area (Å²) in [7, 11) is 0. The maximum absolute atomic E-state index is 4.73. The lowest BCUT2D eigenvalue weighted by atomic mass is 10.0. The van der Waals surface area contributed by atoms with E-state index in [2.05, 4.69) is 76.6 Å². The summed E-state index contributed by atoms with van der Waals surface area (Å²) in [5.41, 5.74) is 7.55. The van der Waals surface area contributed by atoms with Gasteiger partial charge in [-0.15, -0.1) is 0 Å². The van der Waals surface area contributed by atoms with Crippen molar-refractivity contribution in [2.75, 3.05) is 5.32 Å². The molecule has 0 fully saturated rings. The maximum atomic E-state index is 4.73. The molecule has 3 aromatic carbocycles. The summed E-state index contributed by atoms with van der Waals surface area (Å²) in [5, 5.41) is 3.54. The Morgan fingerprint density at radius 3 is 2.31 bits per heavy atom. The number of rotatable bonds is 3. The highest BCUT2D eigenvalue weighted by atomic mass is 15.0. The average Bonchev–Trinajstić information content (AvgIpc) is 3.19. The van der Waals surface area contributed by atoms with Crippen LogP contribution in [-0.4, -0.2) is 9.38 Å². The molecule has 3 heteroatoms. The van der Waals surface area contributed by atoms with Crippen molar-refractivity contribution in [2.24, 2.45) is 0 Å². The molecular weight excluding hydrogens is 318 g/mol. The fourth-order valence-corrected chi connectivity index (χ4v) is 3.36. The van der Waals surface area contributed by atoms with Crippen molar-refractivity contribution in [3.8, 4) is 11.1 Å². The number of anilines is 2. The molecule has 0 saturated carbocycles. The predicted molar refractivity (Wildman–Crippen MR) is 108 cm³/mol. The third-order valence-electron chi connectivity index (χ3n) is 4.62. The molecule has 2 heterocycles. The summed E-state index contributed by atoms with van der Waals surface area (Å²) in [6, 6.07) is 29.2. The smallest absolute Gasteiger partial charge is 0.111 e. The van der Waals surface area contributed by atoms with Crippen LogP contribution in [-0.2, 0) is 0 Å². The summed E-state index contributed by atoms with van der Waals surface area (Å²) in [4.78, 5) is 4.73. The Kier molecular flexibility index (Phi) is 3.42. The molecule has 124 valence electrons. The van der Waals surface area contributed by atoms with E-state index >= 15 is 0 Å². The summed E-state index contributed by atoms with van der Waals surface area (Å²) in [5.74, 6) is 0. The second-order valence-electron chi connectivity index (χ2n) is 6.31. The SMILES string of the molecule is c1ccc(Nc2cc(-c3ccccc3)cc3c2ncc2cccn23)cc1. The van der Waals surface area contributed by atoms with E-state index in [1.807, 2.05) is 30.5 Å². The lowest BCUT2D eigenvalue weighted by Crippen LogP contribution is -1.97. The molecule has 0 radical (unpaired) electrons. The van der Waals surface area contributed by atoms with E-state index in [1.165, 1.54) is 11.1 Å². The topological polar surface area (TPSA) is 29.3 Å². The maximum Gasteiger partial charge on any atom is 0.111 e. The van der Waals surface area contributed by atoms with E-state index < -0.39 is 0 Å². The third-order valence-corrected chi connectivity index (χ3v) is 4.62. The van der Waals surface area contributed by atoms with Crippen molar-refractivity contribution < 1.29 is 0 Å². The molecule has 5 aromatic rings. The van der Waals surface area contributed by atoms with Gasteiger partial charge >= 0.3 is 0 Å². The van der Waals surface area contributed by atoms with Crippen LogP contribution in [0.1, 0.15) is 0 Å². The van der Waals surface area contributed by atoms with Crippen LogP contribution in [0.3, 0.4) is 0 Å². The number of nitrogens with zero attached hydrogens (tertiary/aromatic N) is 2. The first-order valence-electron chi connectivity index (χ1n) is 8.66. The number of aromatic nitrogens is 2. The van der Waals surface area contributed by atoms with Gasteiger partial charge in [0.25, 0.3) is 0 Å². The van der Waals surface area contributed by atoms with Gasteiger partial charge in [-0.05, 0) is 47.5 Å². The second-order valence-corrected chi connectivity index (χ2v) is 6.31. The largest absolute Gasteiger partial charge is 0.354 e. The van der Waals surface area contributed by atoms with Crippen molar-refractivity contribution in [2.45, 2.75) is 0 Å². The number of benzene rings is 3. The van der Waals surface area contributed by atoms with Crippen LogP contribution in [0.5, 0.6) is 0 Å². The Balaban J connectivity index is 1.78. The second kappa shape index (κ2) is 6.05. The van der Waals surface area contributed by atoms with E-state index in [1.54, 1.807) is 0 Å². The molecule has 26 heavy (non-hydrogen) atoms. The van der Waals surface area contributed by atoms with Crippen LogP contribution < -0.4 is 5.32 Å². The van der Waals surface area contributed by atoms with E-state index in [0.717, 1.165) is 27.9 Å². The molecule has 5 rings (SSSR count). The van der Waals surface area contributed by atoms with Gasteiger partial charge in [-0.3, -0.25) is 4.98 Å². The molecule has 0 atom stereocenters. The van der Waals surface area contributed by atoms with Gasteiger partial charge in [0.2, 0.25) is 0 Å². The van der Waals surface area contributed by atoms with E-state index in [0.29, 0.717) is 0 Å². The third kappa shape index (κ3) is 2.50. The van der Waals surface area contributed by atoms with Crippen molar-refractivity contribution >= 4 is 27.9 Å². The Morgan fingerprint density at radius 2 is 1.50 bits per heavy atom. The number of hydrogen-bond acceptors (Lipinski definition) is 2. The highest BCUT2D eigenvalue weighted by Gasteiger charge is 2.10. The molecule has 0 unspecified atom stereocenters. The van der Waals surface area contributed by atoms with Crippen LogP contribution in [0.4, 0.5) is 11.4 Å². The number of fused-ring (bicyclic) bond motifs is 3. The number of para-hydroxylation sites is 1. The molecule has 2 aromatic heterocycles. The molecule has 1 N–H and O–H groups in total. The molecule has 0 saturated heterocycles. The van der Waals surface area contributed by atoms with Gasteiger partial charge < -0.3 is 9.72 Å². The molecule has 0 amide bonds. The lowest BCUT2D eigenvalue weighted by Gasteiger charge is -2.13. The fraction of sp³-hybridized carbons (Fsp3) is 0. The Labute approximate surface area is 151 Å². The number of hydrogen-bond donors (Lipinski definition) is 1. The van der Waals surface area contributed by atoms with Crippen molar-refractivity contribution in [1.82, 2.24) is 9.38 Å². The van der Waals surface area contributed by atoms with Crippen LogP contribution >= 0.6 is 0 Å². The van der Waals surface area contributed by atoms with Gasteiger partial charge in [0, 0.05) is 11.9 Å². The molecule has 0 aliphatic rings. The molecule has 0 aliphatic heterocycles. The quantitative estimate of drug-likeness (QED) is 0.445. The normalized spacial score (nSPS) is 11.1. The first kappa shape index (κ1) is 14.7. The van der Waals surface area contributed by atoms with Gasteiger partial charge in [-0.25, -0.2) is 0 Å². The van der Waals surface area contributed by atoms with Gasteiger partial charge in [-0.2, -0.15) is 0 Å². The van der Waals surface area contributed by atoms with Crippen LogP contribution in [0.15, 0.2) is 97.3 Å². The van der Waals surface area contributed by atoms with Gasteiger partial charge in [0.1, 0.15) is 5.52 Å². The summed E-state index contributed by atoms with van der Waals surface area (Å²) >= 11 is 0. The van der Waals surface area contributed by atoms with Crippen LogP contribution in [0.2, 0.25) is 0 Å². The minimum atomic E-state index is 0.956. The van der Waals surface area contributed by atoms with Gasteiger partial charge in [-0.1, -0.05) is 48.5 Å². The van der Waals surface area contributed by atoms with Crippen LogP contribution in [0.25, 0.3) is 27.7 Å². The van der Waals surface area contributed by atoms with Crippen molar-refractivity contribution in [3.05, 3.63) is 97.3 Å². The lowest BCUT2D eigenvalue weighted by molar-refractivity contribution is 1.23. The minimum absolute atomic E-state index is 0.956. The average molecular weight is 335 g/mol. The first-order chi connectivity index (χ1) is 12.9. The van der Waals surface area contributed by atoms with Gasteiger partial charge in [0.15, 0.2) is 0 Å². The fourth-order valence-electron chi connectivity index (χ4n) is 3.36. The summed E-state index contributed by atoms with van der Waals surface area (Å²) < 4.78 is 2.19. The van der Waals surface area contributed by atoms with Crippen molar-refractivity contribution in [3.63, 3.8) is 0 Å². The molecule has 0 bridgehead atoms. The monoisotopic (exact) mass is 335 g/mol. The number of nitrogens with one attached hydrogen (secondary N) is 1. The van der Waals surface area contributed by atoms with E-state index in [4.69, 9.17) is 4.98 Å². The Bertz CT molecular complexity index is 1190. The van der Waals surface area contributed by atoms with E-state index in [-0.39, 0.29) is 0 Å². The first-order valence-corrected chi connectivity index (χ1v) is 8.66. The van der Waals surface area contributed by atoms with Crippen molar-refractivity contribution in [1.29, 1.82) is 0 Å². The zero-order chi connectivity index (χ0) is 17.3. The molecule has 0 spiro atoms. The van der Waals surface area contributed by atoms with Gasteiger partial charge in [0.05, 0.1) is 22.9 Å². The standard InChI is InChI=1S/C23H17N3/c1-3-8-17(9-4-1)18-14-21(25-19-10-5-2-6-11-19)23-22(15-18)26-13-7-12-20(26)16-24-23/h1-16,25H. The minimum Gasteiger partial charge on any atom is -0.354 e. The highest BCUT2D eigenvalue weighted by Crippen LogP contribution is 2.32. The Hall–Kier alpha value is -3.59.